The highest BCUT2D eigenvalue weighted by Gasteiger charge is 2.56. The van der Waals surface area contributed by atoms with Crippen molar-refractivity contribution in [3.8, 4) is 0 Å². The van der Waals surface area contributed by atoms with Crippen LogP contribution in [0.4, 0.5) is 4.79 Å². The van der Waals surface area contributed by atoms with Crippen LogP contribution in [0, 0.1) is 13.8 Å². The van der Waals surface area contributed by atoms with Gasteiger partial charge in [-0.1, -0.05) is 29.3 Å². The summed E-state index contributed by atoms with van der Waals surface area (Å²) in [5.74, 6) is -0.0231. The molecule has 0 aliphatic carbocycles. The first-order valence-corrected chi connectivity index (χ1v) is 8.39. The zero-order valence-corrected chi connectivity index (χ0v) is 14.2. The highest BCUT2D eigenvalue weighted by molar-refractivity contribution is 6.07. The molecule has 5 nitrogen and oxygen atoms in total. The third kappa shape index (κ3) is 2.63. The quantitative estimate of drug-likeness (QED) is 0.870. The maximum Gasteiger partial charge on any atom is 0.327 e. The van der Waals surface area contributed by atoms with Crippen molar-refractivity contribution in [3.05, 3.63) is 34.9 Å². The van der Waals surface area contributed by atoms with E-state index in [0.717, 1.165) is 29.8 Å². The van der Waals surface area contributed by atoms with Gasteiger partial charge in [-0.2, -0.15) is 0 Å². The van der Waals surface area contributed by atoms with Crippen molar-refractivity contribution in [1.29, 1.82) is 0 Å². The first-order valence-electron chi connectivity index (χ1n) is 8.39. The van der Waals surface area contributed by atoms with E-state index in [2.05, 4.69) is 23.5 Å². The van der Waals surface area contributed by atoms with Gasteiger partial charge in [0.1, 0.15) is 5.54 Å². The smallest absolute Gasteiger partial charge is 0.317 e. The van der Waals surface area contributed by atoms with Gasteiger partial charge >= 0.3 is 6.03 Å². The molecular weight excluding hydrogens is 290 g/mol. The summed E-state index contributed by atoms with van der Waals surface area (Å²) in [6.45, 7) is 8.54. The molecule has 0 aromatic heterocycles. The van der Waals surface area contributed by atoms with E-state index in [4.69, 9.17) is 0 Å². The number of carbonyl (C=O) groups excluding carboxylic acids is 2. The van der Waals surface area contributed by atoms with Crippen molar-refractivity contribution < 1.29 is 9.59 Å². The lowest BCUT2D eigenvalue weighted by Crippen LogP contribution is -2.55. The minimum absolute atomic E-state index is 0.0231. The number of rotatable bonds is 3. The number of carbonyl (C=O) groups is 2. The molecule has 2 fully saturated rings. The maximum absolute atomic E-state index is 13.1. The predicted molar refractivity (Wildman–Crippen MR) is 89.1 cm³/mol. The van der Waals surface area contributed by atoms with Crippen LogP contribution in [0.5, 0.6) is 0 Å². The van der Waals surface area contributed by atoms with Crippen LogP contribution < -0.4 is 5.32 Å². The molecule has 23 heavy (non-hydrogen) atoms. The van der Waals surface area contributed by atoms with Crippen molar-refractivity contribution in [1.82, 2.24) is 15.1 Å². The molecule has 0 atom stereocenters. The SMILES string of the molecule is CCN1C(=O)N(Cc2cc(C)cc(C)c2)C(=O)C12CCNCC2. The Kier molecular flexibility index (Phi) is 4.15. The fraction of sp³-hybridized carbons (Fsp3) is 0.556. The zero-order chi connectivity index (χ0) is 16.6. The molecule has 3 rings (SSSR count). The summed E-state index contributed by atoms with van der Waals surface area (Å²) in [7, 11) is 0. The Hall–Kier alpha value is -1.88. The number of imide groups is 1. The molecule has 0 radical (unpaired) electrons. The van der Waals surface area contributed by atoms with Gasteiger partial charge in [0, 0.05) is 6.54 Å². The molecule has 1 spiro atoms. The predicted octanol–water partition coefficient (Wildman–Crippen LogP) is 2.21. The van der Waals surface area contributed by atoms with Gasteiger partial charge in [-0.3, -0.25) is 9.69 Å². The van der Waals surface area contributed by atoms with E-state index < -0.39 is 5.54 Å². The second-order valence-corrected chi connectivity index (χ2v) is 6.70. The minimum atomic E-state index is -0.629. The number of nitrogens with one attached hydrogen (secondary N) is 1. The lowest BCUT2D eigenvalue weighted by Gasteiger charge is -2.37. The van der Waals surface area contributed by atoms with Gasteiger partial charge in [0.25, 0.3) is 5.91 Å². The number of hydrogen-bond acceptors (Lipinski definition) is 3. The number of urea groups is 1. The van der Waals surface area contributed by atoms with Crippen molar-refractivity contribution in [2.45, 2.75) is 45.7 Å². The van der Waals surface area contributed by atoms with Crippen LogP contribution in [0.25, 0.3) is 0 Å². The molecule has 2 aliphatic rings. The fourth-order valence-corrected chi connectivity index (χ4v) is 4.03. The zero-order valence-electron chi connectivity index (χ0n) is 14.2. The van der Waals surface area contributed by atoms with E-state index in [0.29, 0.717) is 25.9 Å². The number of nitrogens with zero attached hydrogens (tertiary/aromatic N) is 2. The van der Waals surface area contributed by atoms with E-state index in [1.807, 2.05) is 20.8 Å². The Labute approximate surface area is 137 Å². The van der Waals surface area contributed by atoms with Gasteiger partial charge < -0.3 is 10.2 Å². The molecule has 2 heterocycles. The summed E-state index contributed by atoms with van der Waals surface area (Å²) in [5.41, 5.74) is 2.70. The largest absolute Gasteiger partial charge is 0.327 e. The van der Waals surface area contributed by atoms with Crippen LogP contribution in [0.2, 0.25) is 0 Å². The Morgan fingerprint density at radius 1 is 1.09 bits per heavy atom. The topological polar surface area (TPSA) is 52.7 Å². The Balaban J connectivity index is 1.90. The van der Waals surface area contributed by atoms with Gasteiger partial charge in [-0.05, 0) is 52.3 Å². The normalized spacial score (nSPS) is 20.7. The maximum atomic E-state index is 13.1. The number of likely N-dealkylation sites (N-methyl/N-ethyl adjacent to an activating group) is 1. The molecule has 2 aliphatic heterocycles. The van der Waals surface area contributed by atoms with Crippen molar-refractivity contribution >= 4 is 11.9 Å². The van der Waals surface area contributed by atoms with Gasteiger partial charge in [-0.25, -0.2) is 4.79 Å². The number of benzene rings is 1. The minimum Gasteiger partial charge on any atom is -0.317 e. The summed E-state index contributed by atoms with van der Waals surface area (Å²) in [6, 6.07) is 6.07. The van der Waals surface area contributed by atoms with E-state index in [1.54, 1.807) is 4.90 Å². The lowest BCUT2D eigenvalue weighted by molar-refractivity contribution is -0.134. The second kappa shape index (κ2) is 5.96. The fourth-order valence-electron chi connectivity index (χ4n) is 4.03. The molecule has 0 unspecified atom stereocenters. The Morgan fingerprint density at radius 3 is 2.26 bits per heavy atom. The van der Waals surface area contributed by atoms with Gasteiger partial charge in [0.05, 0.1) is 6.54 Å². The van der Waals surface area contributed by atoms with E-state index >= 15 is 0 Å². The summed E-state index contributed by atoms with van der Waals surface area (Å²) in [5, 5.41) is 3.29. The van der Waals surface area contributed by atoms with Gasteiger partial charge in [-0.15, -0.1) is 0 Å². The summed E-state index contributed by atoms with van der Waals surface area (Å²) in [6.07, 6.45) is 1.41. The van der Waals surface area contributed by atoms with E-state index in [-0.39, 0.29) is 11.9 Å². The number of aryl methyl sites for hydroxylation is 2. The highest BCUT2D eigenvalue weighted by atomic mass is 16.2. The Bertz CT molecular complexity index is 615. The summed E-state index contributed by atoms with van der Waals surface area (Å²) < 4.78 is 0. The van der Waals surface area contributed by atoms with Gasteiger partial charge in [0.15, 0.2) is 0 Å². The standard InChI is InChI=1S/C18H25N3O2/c1-4-21-17(23)20(12-15-10-13(2)9-14(3)11-15)16(22)18(21)5-7-19-8-6-18/h9-11,19H,4-8,12H2,1-3H3. The van der Waals surface area contributed by atoms with Crippen LogP contribution in [0.15, 0.2) is 18.2 Å². The monoisotopic (exact) mass is 315 g/mol. The molecule has 1 aromatic carbocycles. The lowest BCUT2D eigenvalue weighted by atomic mass is 9.86. The Morgan fingerprint density at radius 2 is 1.70 bits per heavy atom. The molecule has 1 aromatic rings. The molecule has 0 bridgehead atoms. The van der Waals surface area contributed by atoms with Crippen molar-refractivity contribution in [2.75, 3.05) is 19.6 Å². The molecule has 3 amide bonds. The molecule has 5 heteroatoms. The van der Waals surface area contributed by atoms with Crippen LogP contribution in [0.1, 0.15) is 36.5 Å². The van der Waals surface area contributed by atoms with E-state index in [1.165, 1.54) is 4.90 Å². The average Bonchev–Trinajstić information content (AvgIpc) is 2.69. The number of hydrogen-bond donors (Lipinski definition) is 1. The average molecular weight is 315 g/mol. The third-order valence-electron chi connectivity index (χ3n) is 4.99. The highest BCUT2D eigenvalue weighted by Crippen LogP contribution is 2.36. The number of amides is 3. The van der Waals surface area contributed by atoms with Crippen molar-refractivity contribution in [3.63, 3.8) is 0 Å². The van der Waals surface area contributed by atoms with Crippen molar-refractivity contribution in [2.24, 2.45) is 0 Å². The first kappa shape index (κ1) is 16.0. The second-order valence-electron chi connectivity index (χ2n) is 6.70. The van der Waals surface area contributed by atoms with Crippen LogP contribution >= 0.6 is 0 Å². The van der Waals surface area contributed by atoms with Crippen LogP contribution in [-0.4, -0.2) is 46.9 Å². The molecular formula is C18H25N3O2. The van der Waals surface area contributed by atoms with Gasteiger partial charge in [0.2, 0.25) is 0 Å². The number of piperidine rings is 1. The van der Waals surface area contributed by atoms with Crippen LogP contribution in [-0.2, 0) is 11.3 Å². The third-order valence-corrected chi connectivity index (χ3v) is 4.99. The van der Waals surface area contributed by atoms with Crippen LogP contribution in [0.3, 0.4) is 0 Å². The van der Waals surface area contributed by atoms with E-state index in [9.17, 15) is 9.59 Å². The molecule has 2 saturated heterocycles. The molecule has 0 saturated carbocycles. The first-order chi connectivity index (χ1) is 11.0. The summed E-state index contributed by atoms with van der Waals surface area (Å²) >= 11 is 0. The molecule has 1 N–H and O–H groups in total. The summed E-state index contributed by atoms with van der Waals surface area (Å²) in [4.78, 5) is 29.1. The molecule has 124 valence electrons.